The minimum absolute atomic E-state index is 0.412. The van der Waals surface area contributed by atoms with Crippen LogP contribution in [0.15, 0.2) is 36.4 Å². The molecule has 1 amide bonds. The van der Waals surface area contributed by atoms with Crippen LogP contribution >= 0.6 is 0 Å². The number of rotatable bonds is 8. The molecule has 12 nitrogen and oxygen atoms in total. The third-order valence-electron chi connectivity index (χ3n) is 3.85. The lowest BCUT2D eigenvalue weighted by atomic mass is 10.1. The number of carboxylic acids is 1. The molecule has 0 aliphatic heterocycles. The Bertz CT molecular complexity index is 939. The molecule has 0 aliphatic rings. The molecule has 0 bridgehead atoms. The summed E-state index contributed by atoms with van der Waals surface area (Å²) >= 11 is 0. The van der Waals surface area contributed by atoms with Crippen LogP contribution in [0.2, 0.25) is 0 Å². The van der Waals surface area contributed by atoms with Crippen molar-refractivity contribution in [2.45, 2.75) is 13.0 Å². The van der Waals surface area contributed by atoms with Gasteiger partial charge in [-0.3, -0.25) is 25.0 Å². The predicted octanol–water partition coefficient (Wildman–Crippen LogP) is 2.65. The molecule has 152 valence electrons. The molecule has 29 heavy (non-hydrogen) atoms. The van der Waals surface area contributed by atoms with Crippen LogP contribution in [0.3, 0.4) is 0 Å². The highest BCUT2D eigenvalue weighted by Gasteiger charge is 2.30. The minimum atomic E-state index is -1.56. The number of aromatic carboxylic acids is 1. The maximum absolute atomic E-state index is 12.4. The predicted molar refractivity (Wildman–Crippen MR) is 101 cm³/mol. The van der Waals surface area contributed by atoms with E-state index in [2.05, 4.69) is 10.6 Å². The fourth-order valence-corrected chi connectivity index (χ4v) is 2.38. The number of nitrogens with zero attached hydrogens (tertiary/aromatic N) is 2. The van der Waals surface area contributed by atoms with Gasteiger partial charge in [0, 0.05) is 17.8 Å². The number of benzene rings is 2. The van der Waals surface area contributed by atoms with E-state index in [0.29, 0.717) is 23.6 Å². The first kappa shape index (κ1) is 21.1. The molecule has 0 saturated heterocycles. The van der Waals surface area contributed by atoms with Crippen molar-refractivity contribution in [3.05, 3.63) is 62.2 Å². The quantitative estimate of drug-likeness (QED) is 0.441. The van der Waals surface area contributed by atoms with Gasteiger partial charge in [0.05, 0.1) is 22.5 Å². The molecule has 3 N–H and O–H groups in total. The van der Waals surface area contributed by atoms with Gasteiger partial charge in [0.2, 0.25) is 5.91 Å². The molecule has 12 heteroatoms. The van der Waals surface area contributed by atoms with Crippen LogP contribution in [0.4, 0.5) is 22.7 Å². The summed E-state index contributed by atoms with van der Waals surface area (Å²) < 4.78 is 5.00. The number of amides is 1. The Labute approximate surface area is 163 Å². The van der Waals surface area contributed by atoms with E-state index >= 15 is 0 Å². The molecule has 2 aromatic rings. The van der Waals surface area contributed by atoms with Gasteiger partial charge in [-0.25, -0.2) is 4.79 Å². The molecule has 0 aromatic heterocycles. The van der Waals surface area contributed by atoms with Crippen molar-refractivity contribution < 1.29 is 29.3 Å². The van der Waals surface area contributed by atoms with Gasteiger partial charge in [0.15, 0.2) is 5.69 Å². The minimum Gasteiger partial charge on any atom is -0.497 e. The smallest absolute Gasteiger partial charge is 0.336 e. The standard InChI is InChI=1S/C17H16N4O8/c1-9(16(22)19-11-3-5-12(29-2)6-4-11)18-15-13(20(25)26)7-10(17(23)24)8-14(15)21(27)28/h3-9,18H,1-2H3,(H,19,22)(H,23,24). The SMILES string of the molecule is COc1ccc(NC(=O)C(C)Nc2c([N+](=O)[O-])cc(C(=O)O)cc2[N+](=O)[O-])cc1. The Morgan fingerprint density at radius 3 is 2.00 bits per heavy atom. The van der Waals surface area contributed by atoms with Crippen LogP contribution < -0.4 is 15.4 Å². The number of carboxylic acid groups (broad SMARTS) is 1. The zero-order valence-corrected chi connectivity index (χ0v) is 15.2. The van der Waals surface area contributed by atoms with Gasteiger partial charge < -0.3 is 20.5 Å². The van der Waals surface area contributed by atoms with E-state index in [-0.39, 0.29) is 0 Å². The zero-order valence-electron chi connectivity index (χ0n) is 15.2. The number of ether oxygens (including phenoxy) is 1. The summed E-state index contributed by atoms with van der Waals surface area (Å²) in [4.78, 5) is 44.2. The number of nitro groups is 2. The van der Waals surface area contributed by atoms with E-state index in [9.17, 15) is 29.8 Å². The molecule has 0 heterocycles. The van der Waals surface area contributed by atoms with Gasteiger partial charge in [-0.1, -0.05) is 0 Å². The van der Waals surface area contributed by atoms with E-state index in [1.807, 2.05) is 0 Å². The highest BCUT2D eigenvalue weighted by atomic mass is 16.6. The lowest BCUT2D eigenvalue weighted by Crippen LogP contribution is -2.32. The van der Waals surface area contributed by atoms with Gasteiger partial charge in [0.25, 0.3) is 11.4 Å². The van der Waals surface area contributed by atoms with E-state index < -0.39 is 50.4 Å². The maximum Gasteiger partial charge on any atom is 0.336 e. The topological polar surface area (TPSA) is 174 Å². The summed E-state index contributed by atoms with van der Waals surface area (Å²) in [6, 6.07) is 6.59. The average Bonchev–Trinajstić information content (AvgIpc) is 2.67. The third kappa shape index (κ3) is 4.94. The van der Waals surface area contributed by atoms with Gasteiger partial charge in [-0.15, -0.1) is 0 Å². The van der Waals surface area contributed by atoms with Gasteiger partial charge >= 0.3 is 5.97 Å². The first-order valence-corrected chi connectivity index (χ1v) is 8.05. The molecule has 2 rings (SSSR count). The molecular formula is C17H16N4O8. The monoisotopic (exact) mass is 404 g/mol. The lowest BCUT2D eigenvalue weighted by Gasteiger charge is -2.16. The summed E-state index contributed by atoms with van der Waals surface area (Å²) in [7, 11) is 1.48. The van der Waals surface area contributed by atoms with E-state index in [1.54, 1.807) is 24.3 Å². The Morgan fingerprint density at radius 2 is 1.59 bits per heavy atom. The van der Waals surface area contributed by atoms with Gasteiger partial charge in [-0.2, -0.15) is 0 Å². The number of nitro benzene ring substituents is 2. The number of nitrogens with one attached hydrogen (secondary N) is 2. The molecule has 0 saturated carbocycles. The van der Waals surface area contributed by atoms with Crippen LogP contribution in [0, 0.1) is 20.2 Å². The molecule has 0 radical (unpaired) electrons. The van der Waals surface area contributed by atoms with Crippen molar-refractivity contribution in [2.75, 3.05) is 17.7 Å². The van der Waals surface area contributed by atoms with Crippen molar-refractivity contribution in [1.29, 1.82) is 0 Å². The number of carbonyl (C=O) groups is 2. The Hall–Kier alpha value is -4.22. The number of anilines is 2. The van der Waals surface area contributed by atoms with Crippen molar-refractivity contribution in [3.63, 3.8) is 0 Å². The summed E-state index contributed by atoms with van der Waals surface area (Å²) in [5.41, 5.74) is -2.44. The van der Waals surface area contributed by atoms with Crippen LogP contribution in [-0.4, -0.2) is 40.0 Å². The molecule has 0 spiro atoms. The van der Waals surface area contributed by atoms with Crippen molar-refractivity contribution in [1.82, 2.24) is 0 Å². The third-order valence-corrected chi connectivity index (χ3v) is 3.85. The van der Waals surface area contributed by atoms with Crippen LogP contribution in [0.5, 0.6) is 5.75 Å². The normalized spacial score (nSPS) is 11.2. The number of hydrogen-bond donors (Lipinski definition) is 3. The number of carbonyl (C=O) groups excluding carboxylic acids is 1. The van der Waals surface area contributed by atoms with Crippen LogP contribution in [0.25, 0.3) is 0 Å². The zero-order chi connectivity index (χ0) is 21.7. The summed E-state index contributed by atoms with van der Waals surface area (Å²) in [5.74, 6) is -1.62. The van der Waals surface area contributed by atoms with Gasteiger partial charge in [0.1, 0.15) is 11.8 Å². The molecule has 0 fully saturated rings. The molecule has 0 aliphatic carbocycles. The van der Waals surface area contributed by atoms with Crippen LogP contribution in [0.1, 0.15) is 17.3 Å². The Balaban J connectivity index is 2.32. The molecule has 1 atom stereocenters. The highest BCUT2D eigenvalue weighted by molar-refractivity contribution is 5.98. The summed E-state index contributed by atoms with van der Waals surface area (Å²) in [6.45, 7) is 1.34. The first-order chi connectivity index (χ1) is 13.6. The Kier molecular flexibility index (Phi) is 6.29. The second-order valence-corrected chi connectivity index (χ2v) is 5.79. The largest absolute Gasteiger partial charge is 0.497 e. The second-order valence-electron chi connectivity index (χ2n) is 5.79. The van der Waals surface area contributed by atoms with E-state index in [1.165, 1.54) is 14.0 Å². The van der Waals surface area contributed by atoms with E-state index in [4.69, 9.17) is 9.84 Å². The van der Waals surface area contributed by atoms with Gasteiger partial charge in [-0.05, 0) is 31.2 Å². The first-order valence-electron chi connectivity index (χ1n) is 8.05. The number of hydrogen-bond acceptors (Lipinski definition) is 8. The fourth-order valence-electron chi connectivity index (χ4n) is 2.38. The average molecular weight is 404 g/mol. The second kappa shape index (κ2) is 8.65. The van der Waals surface area contributed by atoms with Crippen molar-refractivity contribution >= 4 is 34.6 Å². The van der Waals surface area contributed by atoms with Crippen LogP contribution in [-0.2, 0) is 4.79 Å². The molecular weight excluding hydrogens is 388 g/mol. The maximum atomic E-state index is 12.4. The summed E-state index contributed by atoms with van der Waals surface area (Å²) in [5, 5.41) is 36.6. The van der Waals surface area contributed by atoms with E-state index in [0.717, 1.165) is 0 Å². The fraction of sp³-hybridized carbons (Fsp3) is 0.176. The molecule has 2 aromatic carbocycles. The summed E-state index contributed by atoms with van der Waals surface area (Å²) in [6.07, 6.45) is 0. The Morgan fingerprint density at radius 1 is 1.07 bits per heavy atom. The highest BCUT2D eigenvalue weighted by Crippen LogP contribution is 2.36. The molecule has 1 unspecified atom stereocenters. The lowest BCUT2D eigenvalue weighted by molar-refractivity contribution is -0.392. The van der Waals surface area contributed by atoms with Crippen molar-refractivity contribution in [3.8, 4) is 5.75 Å². The van der Waals surface area contributed by atoms with Crippen molar-refractivity contribution in [2.24, 2.45) is 0 Å². The number of methoxy groups -OCH3 is 1.